The van der Waals surface area contributed by atoms with Crippen LogP contribution in [0, 0.1) is 5.82 Å². The van der Waals surface area contributed by atoms with Crippen molar-refractivity contribution in [3.8, 4) is 0 Å². The van der Waals surface area contributed by atoms with Crippen molar-refractivity contribution in [2.24, 2.45) is 10.8 Å². The second-order valence-corrected chi connectivity index (χ2v) is 4.04. The van der Waals surface area contributed by atoms with Gasteiger partial charge in [-0.15, -0.1) is 0 Å². The van der Waals surface area contributed by atoms with E-state index in [1.165, 1.54) is 12.3 Å². The summed E-state index contributed by atoms with van der Waals surface area (Å²) in [6.45, 7) is 2.55. The molecule has 102 valence electrons. The smallest absolute Gasteiger partial charge is 0.332 e. The zero-order chi connectivity index (χ0) is 13.7. The highest BCUT2D eigenvalue weighted by molar-refractivity contribution is 5.82. The first kappa shape index (κ1) is 13.3. The lowest BCUT2D eigenvalue weighted by Gasteiger charge is -2.29. The molecule has 6 nitrogen and oxygen atoms in total. The van der Waals surface area contributed by atoms with E-state index in [9.17, 15) is 9.18 Å². The highest BCUT2D eigenvalue weighted by Crippen LogP contribution is 2.20. The second kappa shape index (κ2) is 6.14. The highest BCUT2D eigenvalue weighted by Gasteiger charge is 2.14. The number of hydrazone groups is 1. The lowest BCUT2D eigenvalue weighted by Crippen LogP contribution is -2.36. The first-order valence-electron chi connectivity index (χ1n) is 5.87. The van der Waals surface area contributed by atoms with Crippen molar-refractivity contribution >= 4 is 17.9 Å². The van der Waals surface area contributed by atoms with Crippen LogP contribution >= 0.6 is 0 Å². The van der Waals surface area contributed by atoms with E-state index in [-0.39, 0.29) is 5.82 Å². The lowest BCUT2D eigenvalue weighted by atomic mass is 10.2. The van der Waals surface area contributed by atoms with Gasteiger partial charge in [-0.05, 0) is 17.7 Å². The molecule has 1 saturated heterocycles. The molecule has 1 fully saturated rings. The molecule has 0 aliphatic carbocycles. The van der Waals surface area contributed by atoms with E-state index in [0.717, 1.165) is 0 Å². The number of primary amides is 1. The number of benzene rings is 1. The Balaban J connectivity index is 2.08. The van der Waals surface area contributed by atoms with E-state index in [1.807, 2.05) is 4.90 Å². The quantitative estimate of drug-likeness (QED) is 0.623. The molecule has 1 aliphatic rings. The van der Waals surface area contributed by atoms with Gasteiger partial charge in [0, 0.05) is 13.1 Å². The molecule has 2 amide bonds. The molecule has 3 N–H and O–H groups in total. The minimum absolute atomic E-state index is 0.329. The third kappa shape index (κ3) is 3.65. The zero-order valence-electron chi connectivity index (χ0n) is 10.3. The number of rotatable bonds is 3. The predicted octanol–water partition coefficient (Wildman–Crippen LogP) is 0.664. The molecule has 1 aromatic rings. The molecule has 2 rings (SSSR count). The van der Waals surface area contributed by atoms with E-state index >= 15 is 0 Å². The van der Waals surface area contributed by atoms with E-state index in [4.69, 9.17) is 10.5 Å². The van der Waals surface area contributed by atoms with Crippen molar-refractivity contribution in [1.82, 2.24) is 5.43 Å². The van der Waals surface area contributed by atoms with Gasteiger partial charge in [-0.2, -0.15) is 5.10 Å². The Morgan fingerprint density at radius 1 is 1.47 bits per heavy atom. The van der Waals surface area contributed by atoms with E-state index in [2.05, 4.69) is 10.5 Å². The molecule has 0 bridgehead atoms. The number of nitrogens with one attached hydrogen (secondary N) is 1. The van der Waals surface area contributed by atoms with Gasteiger partial charge in [0.1, 0.15) is 5.82 Å². The molecule has 0 unspecified atom stereocenters. The first-order chi connectivity index (χ1) is 9.16. The molecule has 0 radical (unpaired) electrons. The number of ether oxygens (including phenoxy) is 1. The molecule has 0 atom stereocenters. The van der Waals surface area contributed by atoms with E-state index in [1.54, 1.807) is 12.1 Å². The molecule has 1 aliphatic heterocycles. The van der Waals surface area contributed by atoms with Crippen LogP contribution < -0.4 is 16.1 Å². The van der Waals surface area contributed by atoms with Crippen LogP contribution in [-0.4, -0.2) is 38.5 Å². The van der Waals surface area contributed by atoms with Gasteiger partial charge in [0.25, 0.3) is 0 Å². The SMILES string of the molecule is NC(=O)N/N=C\c1ccc(N2CCOCC2)c(F)c1. The topological polar surface area (TPSA) is 80.0 Å². The molecule has 1 heterocycles. The molecule has 19 heavy (non-hydrogen) atoms. The fraction of sp³-hybridized carbons (Fsp3) is 0.333. The summed E-state index contributed by atoms with van der Waals surface area (Å²) in [5.74, 6) is -0.329. The summed E-state index contributed by atoms with van der Waals surface area (Å²) in [4.78, 5) is 12.4. The average Bonchev–Trinajstić information content (AvgIpc) is 2.39. The fourth-order valence-electron chi connectivity index (χ4n) is 1.83. The van der Waals surface area contributed by atoms with Gasteiger partial charge < -0.3 is 15.4 Å². The van der Waals surface area contributed by atoms with E-state index < -0.39 is 6.03 Å². The largest absolute Gasteiger partial charge is 0.378 e. The Labute approximate surface area is 110 Å². The number of carbonyl (C=O) groups excluding carboxylic acids is 1. The number of nitrogens with zero attached hydrogens (tertiary/aromatic N) is 2. The van der Waals surface area contributed by atoms with Gasteiger partial charge in [0.15, 0.2) is 0 Å². The van der Waals surface area contributed by atoms with Gasteiger partial charge in [0.2, 0.25) is 0 Å². The monoisotopic (exact) mass is 266 g/mol. The summed E-state index contributed by atoms with van der Waals surface area (Å²) in [7, 11) is 0. The van der Waals surface area contributed by atoms with Crippen LogP contribution in [0.4, 0.5) is 14.9 Å². The third-order valence-electron chi connectivity index (χ3n) is 2.71. The van der Waals surface area contributed by atoms with Gasteiger partial charge in [0.05, 0.1) is 25.1 Å². The Bertz CT molecular complexity index is 487. The maximum atomic E-state index is 14.0. The summed E-state index contributed by atoms with van der Waals surface area (Å²) in [5, 5.41) is 3.57. The van der Waals surface area contributed by atoms with Crippen LogP contribution in [0.2, 0.25) is 0 Å². The van der Waals surface area contributed by atoms with Crippen LogP contribution in [0.1, 0.15) is 5.56 Å². The fourth-order valence-corrected chi connectivity index (χ4v) is 1.83. The zero-order valence-corrected chi connectivity index (χ0v) is 10.3. The van der Waals surface area contributed by atoms with Crippen molar-refractivity contribution in [1.29, 1.82) is 0 Å². The number of anilines is 1. The van der Waals surface area contributed by atoms with Crippen LogP contribution in [0.3, 0.4) is 0 Å². The molecule has 0 aromatic heterocycles. The summed E-state index contributed by atoms with van der Waals surface area (Å²) in [6, 6.07) is 4.00. The van der Waals surface area contributed by atoms with E-state index in [0.29, 0.717) is 37.6 Å². The minimum atomic E-state index is -0.762. The molecular formula is C12H15FN4O2. The summed E-state index contributed by atoms with van der Waals surface area (Å²) < 4.78 is 19.2. The number of hydrogen-bond donors (Lipinski definition) is 2. The van der Waals surface area contributed by atoms with Gasteiger partial charge in [-0.1, -0.05) is 6.07 Å². The van der Waals surface area contributed by atoms with Crippen LogP contribution in [-0.2, 0) is 4.74 Å². The number of morpholine rings is 1. The number of urea groups is 1. The highest BCUT2D eigenvalue weighted by atomic mass is 19.1. The predicted molar refractivity (Wildman–Crippen MR) is 69.7 cm³/mol. The van der Waals surface area contributed by atoms with Crippen molar-refractivity contribution in [3.05, 3.63) is 29.6 Å². The molecule has 0 spiro atoms. The van der Waals surface area contributed by atoms with Gasteiger partial charge >= 0.3 is 6.03 Å². The third-order valence-corrected chi connectivity index (χ3v) is 2.71. The number of amides is 2. The molecule has 1 aromatic carbocycles. The van der Waals surface area contributed by atoms with Gasteiger partial charge in [-0.3, -0.25) is 0 Å². The van der Waals surface area contributed by atoms with Gasteiger partial charge in [-0.25, -0.2) is 14.6 Å². The Morgan fingerprint density at radius 3 is 2.84 bits per heavy atom. The van der Waals surface area contributed by atoms with Crippen molar-refractivity contribution in [2.45, 2.75) is 0 Å². The Kier molecular flexibility index (Phi) is 4.30. The normalized spacial score (nSPS) is 15.7. The first-order valence-corrected chi connectivity index (χ1v) is 5.87. The maximum Gasteiger partial charge on any atom is 0.332 e. The van der Waals surface area contributed by atoms with Crippen LogP contribution in [0.5, 0.6) is 0 Å². The maximum absolute atomic E-state index is 14.0. The Hall–Kier alpha value is -2.15. The number of hydrogen-bond acceptors (Lipinski definition) is 4. The second-order valence-electron chi connectivity index (χ2n) is 4.04. The van der Waals surface area contributed by atoms with Crippen molar-refractivity contribution in [3.63, 3.8) is 0 Å². The molecular weight excluding hydrogens is 251 g/mol. The lowest BCUT2D eigenvalue weighted by molar-refractivity contribution is 0.122. The van der Waals surface area contributed by atoms with Crippen molar-refractivity contribution < 1.29 is 13.9 Å². The van der Waals surface area contributed by atoms with Crippen molar-refractivity contribution in [2.75, 3.05) is 31.2 Å². The average molecular weight is 266 g/mol. The molecule has 7 heteroatoms. The number of nitrogens with two attached hydrogens (primary N) is 1. The molecule has 0 saturated carbocycles. The Morgan fingerprint density at radius 2 is 2.21 bits per heavy atom. The van der Waals surface area contributed by atoms with Crippen LogP contribution in [0.15, 0.2) is 23.3 Å². The van der Waals surface area contributed by atoms with Crippen LogP contribution in [0.25, 0.3) is 0 Å². The summed E-state index contributed by atoms with van der Waals surface area (Å²) in [5.41, 5.74) is 7.99. The summed E-state index contributed by atoms with van der Waals surface area (Å²) in [6.07, 6.45) is 1.33. The summed E-state index contributed by atoms with van der Waals surface area (Å²) >= 11 is 0. The number of carbonyl (C=O) groups is 1. The standard InChI is InChI=1S/C12H15FN4O2/c13-10-7-9(8-15-16-12(14)18)1-2-11(10)17-3-5-19-6-4-17/h1-2,7-8H,3-6H2,(H3,14,16,18)/b15-8-. The number of halogens is 1. The minimum Gasteiger partial charge on any atom is -0.378 e.